The van der Waals surface area contributed by atoms with Crippen LogP contribution in [0.4, 0.5) is 0 Å². The van der Waals surface area contributed by atoms with E-state index in [2.05, 4.69) is 34.1 Å². The summed E-state index contributed by atoms with van der Waals surface area (Å²) in [6, 6.07) is 14.6. The number of piperidine rings is 1. The van der Waals surface area contributed by atoms with Crippen LogP contribution in [0.1, 0.15) is 40.7 Å². The van der Waals surface area contributed by atoms with Gasteiger partial charge < -0.3 is 14.8 Å². The minimum atomic E-state index is 0.0806. The van der Waals surface area contributed by atoms with Gasteiger partial charge in [0.1, 0.15) is 0 Å². The Morgan fingerprint density at radius 2 is 1.77 bits per heavy atom. The number of nitrogens with one attached hydrogen (secondary N) is 1. The molecule has 2 aliphatic heterocycles. The first kappa shape index (κ1) is 20.3. The van der Waals surface area contributed by atoms with Crippen LogP contribution in [0.25, 0.3) is 10.9 Å². The van der Waals surface area contributed by atoms with Crippen LogP contribution in [-0.2, 0) is 4.79 Å². The highest BCUT2D eigenvalue weighted by Gasteiger charge is 2.30. The number of piperazine rings is 1. The number of nitrogens with zero attached hydrogens (tertiary/aromatic N) is 3. The van der Waals surface area contributed by atoms with Gasteiger partial charge in [-0.1, -0.05) is 30.7 Å². The Hall–Kier alpha value is -2.64. The van der Waals surface area contributed by atoms with Crippen molar-refractivity contribution in [3.05, 3.63) is 58.4 Å². The second-order valence-electron chi connectivity index (χ2n) is 8.44. The van der Waals surface area contributed by atoms with Crippen molar-refractivity contribution < 1.29 is 9.59 Å². The Morgan fingerprint density at radius 3 is 2.55 bits per heavy atom. The van der Waals surface area contributed by atoms with Gasteiger partial charge >= 0.3 is 0 Å². The third kappa shape index (κ3) is 4.25. The fourth-order valence-electron chi connectivity index (χ4n) is 4.80. The van der Waals surface area contributed by atoms with Crippen LogP contribution in [0, 0.1) is 0 Å². The summed E-state index contributed by atoms with van der Waals surface area (Å²) in [4.78, 5) is 36.1. The van der Waals surface area contributed by atoms with Gasteiger partial charge in [-0.15, -0.1) is 11.3 Å². The van der Waals surface area contributed by atoms with Crippen molar-refractivity contribution >= 4 is 34.1 Å². The van der Waals surface area contributed by atoms with Crippen LogP contribution in [0.3, 0.4) is 0 Å². The molecule has 0 aliphatic carbocycles. The van der Waals surface area contributed by atoms with E-state index in [9.17, 15) is 9.59 Å². The fraction of sp³-hybridized carbons (Fsp3) is 0.417. The molecule has 0 saturated carbocycles. The second-order valence-corrected chi connectivity index (χ2v) is 9.39. The summed E-state index contributed by atoms with van der Waals surface area (Å²) in [5, 5.41) is 3.15. The number of likely N-dealkylation sites (tertiary alicyclic amines) is 1. The zero-order valence-electron chi connectivity index (χ0n) is 17.6. The van der Waals surface area contributed by atoms with Gasteiger partial charge in [0.15, 0.2) is 0 Å². The molecular weight excluding hydrogens is 408 g/mol. The molecule has 7 heteroatoms. The lowest BCUT2D eigenvalue weighted by molar-refractivity contribution is -0.134. The molecule has 2 aliphatic rings. The quantitative estimate of drug-likeness (QED) is 0.678. The molecule has 1 aromatic carbocycles. The third-order valence-corrected chi connectivity index (χ3v) is 7.37. The van der Waals surface area contributed by atoms with Crippen LogP contribution in [0.5, 0.6) is 0 Å². The summed E-state index contributed by atoms with van der Waals surface area (Å²) in [5.41, 5.74) is 2.36. The molecule has 5 rings (SSSR count). The summed E-state index contributed by atoms with van der Waals surface area (Å²) in [6.45, 7) is 3.82. The van der Waals surface area contributed by atoms with Crippen LogP contribution in [-0.4, -0.2) is 70.8 Å². The molecule has 0 radical (unpaired) electrons. The van der Waals surface area contributed by atoms with E-state index in [-0.39, 0.29) is 17.9 Å². The highest BCUT2D eigenvalue weighted by molar-refractivity contribution is 7.12. The molecule has 31 heavy (non-hydrogen) atoms. The Kier molecular flexibility index (Phi) is 5.78. The molecule has 162 valence electrons. The van der Waals surface area contributed by atoms with Crippen LogP contribution in [0.15, 0.2) is 47.8 Å². The van der Waals surface area contributed by atoms with E-state index >= 15 is 0 Å². The molecule has 0 bridgehead atoms. The van der Waals surface area contributed by atoms with Gasteiger partial charge in [0.25, 0.3) is 5.91 Å². The maximum Gasteiger partial charge on any atom is 0.264 e. The zero-order chi connectivity index (χ0) is 21.2. The number of fused-ring (bicyclic) bond motifs is 1. The van der Waals surface area contributed by atoms with Crippen LogP contribution >= 0.6 is 11.3 Å². The molecule has 1 unspecified atom stereocenters. The van der Waals surface area contributed by atoms with Gasteiger partial charge in [-0.25, -0.2) is 0 Å². The average molecular weight is 437 g/mol. The standard InChI is InChI=1S/C24H28N4O2S/c29-23(26-11-13-27(14-12-26)24(30)22-9-5-15-31-22)17-28-10-4-3-8-21(28)20-16-18-6-1-2-7-19(18)25-20/h1-2,5-7,9,15-16,21,25H,3-4,8,10-14,17H2. The zero-order valence-corrected chi connectivity index (χ0v) is 18.4. The normalized spacial score (nSPS) is 20.3. The molecule has 4 heterocycles. The smallest absolute Gasteiger partial charge is 0.264 e. The molecule has 2 amide bonds. The summed E-state index contributed by atoms with van der Waals surface area (Å²) < 4.78 is 0. The van der Waals surface area contributed by atoms with Gasteiger partial charge in [0, 0.05) is 37.4 Å². The largest absolute Gasteiger partial charge is 0.357 e. The number of H-pyrrole nitrogens is 1. The predicted octanol–water partition coefficient (Wildman–Crippen LogP) is 3.74. The summed E-state index contributed by atoms with van der Waals surface area (Å²) in [6.07, 6.45) is 3.39. The van der Waals surface area contributed by atoms with Crippen LogP contribution in [0.2, 0.25) is 0 Å². The number of aromatic amines is 1. The number of benzene rings is 1. The Morgan fingerprint density at radius 1 is 0.968 bits per heavy atom. The number of thiophene rings is 1. The first-order valence-corrected chi connectivity index (χ1v) is 12.0. The lowest BCUT2D eigenvalue weighted by Gasteiger charge is -2.38. The van der Waals surface area contributed by atoms with E-state index < -0.39 is 0 Å². The lowest BCUT2D eigenvalue weighted by atomic mass is 9.99. The maximum absolute atomic E-state index is 13.1. The van der Waals surface area contributed by atoms with Crippen molar-refractivity contribution in [2.45, 2.75) is 25.3 Å². The molecule has 1 N–H and O–H groups in total. The number of hydrogen-bond acceptors (Lipinski definition) is 4. The number of carbonyl (C=O) groups is 2. The molecule has 1 atom stereocenters. The third-order valence-electron chi connectivity index (χ3n) is 6.51. The molecule has 3 aromatic rings. The number of aromatic nitrogens is 1. The second kappa shape index (κ2) is 8.85. The number of para-hydroxylation sites is 1. The van der Waals surface area contributed by atoms with E-state index in [1.807, 2.05) is 33.4 Å². The Balaban J connectivity index is 1.21. The van der Waals surface area contributed by atoms with E-state index in [1.54, 1.807) is 0 Å². The maximum atomic E-state index is 13.1. The highest BCUT2D eigenvalue weighted by atomic mass is 32.1. The number of amides is 2. The van der Waals surface area contributed by atoms with Crippen molar-refractivity contribution in [2.75, 3.05) is 39.3 Å². The monoisotopic (exact) mass is 436 g/mol. The molecular formula is C24H28N4O2S. The van der Waals surface area contributed by atoms with E-state index in [0.717, 1.165) is 29.8 Å². The van der Waals surface area contributed by atoms with E-state index in [4.69, 9.17) is 0 Å². The summed E-state index contributed by atoms with van der Waals surface area (Å²) in [5.74, 6) is 0.253. The van der Waals surface area contributed by atoms with Crippen molar-refractivity contribution in [3.8, 4) is 0 Å². The van der Waals surface area contributed by atoms with Gasteiger partial charge in [-0.2, -0.15) is 0 Å². The van der Waals surface area contributed by atoms with Gasteiger partial charge in [-0.3, -0.25) is 14.5 Å². The average Bonchev–Trinajstić information content (AvgIpc) is 3.49. The minimum Gasteiger partial charge on any atom is -0.357 e. The number of hydrogen-bond donors (Lipinski definition) is 1. The van der Waals surface area contributed by atoms with Crippen molar-refractivity contribution in [3.63, 3.8) is 0 Å². The first-order chi connectivity index (χ1) is 15.2. The van der Waals surface area contributed by atoms with Crippen molar-refractivity contribution in [1.29, 1.82) is 0 Å². The fourth-order valence-corrected chi connectivity index (χ4v) is 5.49. The molecule has 0 spiro atoms. The Labute approximate surface area is 186 Å². The highest BCUT2D eigenvalue weighted by Crippen LogP contribution is 2.32. The van der Waals surface area contributed by atoms with Crippen molar-refractivity contribution in [1.82, 2.24) is 19.7 Å². The predicted molar refractivity (Wildman–Crippen MR) is 123 cm³/mol. The SMILES string of the molecule is O=C(CN1CCCCC1c1cc2ccccc2[nH]1)N1CCN(C(=O)c2cccs2)CC1. The van der Waals surface area contributed by atoms with Crippen LogP contribution < -0.4 is 0 Å². The molecule has 2 saturated heterocycles. The molecule has 6 nitrogen and oxygen atoms in total. The number of carbonyl (C=O) groups excluding carboxylic acids is 2. The Bertz CT molecular complexity index is 1020. The first-order valence-electron chi connectivity index (χ1n) is 11.1. The van der Waals surface area contributed by atoms with E-state index in [0.29, 0.717) is 32.7 Å². The minimum absolute atomic E-state index is 0.0806. The van der Waals surface area contributed by atoms with Gasteiger partial charge in [-0.05, 0) is 48.4 Å². The summed E-state index contributed by atoms with van der Waals surface area (Å²) in [7, 11) is 0. The van der Waals surface area contributed by atoms with E-state index in [1.165, 1.54) is 28.8 Å². The topological polar surface area (TPSA) is 59.7 Å². The number of rotatable bonds is 4. The molecule has 2 aromatic heterocycles. The summed E-state index contributed by atoms with van der Waals surface area (Å²) >= 11 is 1.47. The van der Waals surface area contributed by atoms with Gasteiger partial charge in [0.05, 0.1) is 17.5 Å². The lowest BCUT2D eigenvalue weighted by Crippen LogP contribution is -2.53. The molecule has 2 fully saturated rings. The van der Waals surface area contributed by atoms with Crippen molar-refractivity contribution in [2.24, 2.45) is 0 Å². The van der Waals surface area contributed by atoms with Gasteiger partial charge in [0.2, 0.25) is 5.91 Å².